The van der Waals surface area contributed by atoms with Crippen molar-refractivity contribution in [2.45, 2.75) is 24.9 Å². The highest BCUT2D eigenvalue weighted by molar-refractivity contribution is 6.30. The van der Waals surface area contributed by atoms with Crippen molar-refractivity contribution >= 4 is 11.6 Å². The number of aliphatic hydroxyl groups excluding tert-OH is 1. The van der Waals surface area contributed by atoms with Crippen LogP contribution < -0.4 is 0 Å². The Morgan fingerprint density at radius 1 is 1.30 bits per heavy atom. The SMILES string of the molecule is OC1CCOCC1c1nc(Cc2ccc(Cl)cc2)no1. The van der Waals surface area contributed by atoms with Gasteiger partial charge in [-0.25, -0.2) is 0 Å². The smallest absolute Gasteiger partial charge is 0.234 e. The van der Waals surface area contributed by atoms with E-state index in [4.69, 9.17) is 20.9 Å². The lowest BCUT2D eigenvalue weighted by Gasteiger charge is -2.24. The summed E-state index contributed by atoms with van der Waals surface area (Å²) in [5.74, 6) is 0.816. The number of rotatable bonds is 3. The molecule has 0 radical (unpaired) electrons. The van der Waals surface area contributed by atoms with Crippen molar-refractivity contribution in [2.24, 2.45) is 0 Å². The molecule has 0 aliphatic carbocycles. The summed E-state index contributed by atoms with van der Waals surface area (Å²) in [6, 6.07) is 7.51. The van der Waals surface area contributed by atoms with Crippen molar-refractivity contribution in [1.29, 1.82) is 0 Å². The third-order valence-corrected chi connectivity index (χ3v) is 3.65. The van der Waals surface area contributed by atoms with Crippen LogP contribution in [-0.2, 0) is 11.2 Å². The predicted molar refractivity (Wildman–Crippen MR) is 72.7 cm³/mol. The first-order valence-corrected chi connectivity index (χ1v) is 6.93. The lowest BCUT2D eigenvalue weighted by Crippen LogP contribution is -2.30. The molecule has 1 aliphatic rings. The Morgan fingerprint density at radius 3 is 2.85 bits per heavy atom. The second-order valence-corrected chi connectivity index (χ2v) is 5.33. The molecule has 2 aromatic rings. The molecule has 0 amide bonds. The molecule has 20 heavy (non-hydrogen) atoms. The van der Waals surface area contributed by atoms with E-state index in [9.17, 15) is 5.11 Å². The van der Waals surface area contributed by atoms with Gasteiger partial charge in [0.1, 0.15) is 0 Å². The van der Waals surface area contributed by atoms with Gasteiger partial charge in [0.2, 0.25) is 5.89 Å². The van der Waals surface area contributed by atoms with Gasteiger partial charge in [0.15, 0.2) is 5.82 Å². The Bertz CT molecular complexity index is 570. The van der Waals surface area contributed by atoms with E-state index < -0.39 is 6.10 Å². The number of hydrogen-bond donors (Lipinski definition) is 1. The number of hydrogen-bond acceptors (Lipinski definition) is 5. The number of halogens is 1. The minimum Gasteiger partial charge on any atom is -0.392 e. The van der Waals surface area contributed by atoms with Gasteiger partial charge in [-0.3, -0.25) is 0 Å². The Kier molecular flexibility index (Phi) is 4.00. The average molecular weight is 295 g/mol. The molecule has 2 heterocycles. The fourth-order valence-corrected chi connectivity index (χ4v) is 2.36. The molecular formula is C14H15ClN2O3. The van der Waals surface area contributed by atoms with Gasteiger partial charge in [0.05, 0.1) is 18.6 Å². The van der Waals surface area contributed by atoms with Crippen LogP contribution in [0.1, 0.15) is 29.6 Å². The van der Waals surface area contributed by atoms with Crippen LogP contribution in [0.5, 0.6) is 0 Å². The van der Waals surface area contributed by atoms with E-state index in [0.717, 1.165) is 5.56 Å². The zero-order valence-electron chi connectivity index (χ0n) is 10.8. The minimum atomic E-state index is -0.479. The van der Waals surface area contributed by atoms with E-state index in [2.05, 4.69) is 10.1 Å². The van der Waals surface area contributed by atoms with E-state index in [1.807, 2.05) is 24.3 Å². The van der Waals surface area contributed by atoms with Gasteiger partial charge in [-0.1, -0.05) is 28.9 Å². The molecule has 1 aromatic heterocycles. The van der Waals surface area contributed by atoms with Crippen molar-refractivity contribution in [3.05, 3.63) is 46.6 Å². The predicted octanol–water partition coefficient (Wildman–Crippen LogP) is 2.18. The third-order valence-electron chi connectivity index (χ3n) is 3.40. The molecule has 2 atom stereocenters. The molecule has 1 N–H and O–H groups in total. The number of benzene rings is 1. The van der Waals surface area contributed by atoms with Crippen LogP contribution in [0.4, 0.5) is 0 Å². The lowest BCUT2D eigenvalue weighted by molar-refractivity contribution is -0.0149. The standard InChI is InChI=1S/C14H15ClN2O3/c15-10-3-1-9(2-4-10)7-13-16-14(20-17-13)11-8-19-6-5-12(11)18/h1-4,11-12,18H,5-8H2. The molecule has 1 aliphatic heterocycles. The fraction of sp³-hybridized carbons (Fsp3) is 0.429. The summed E-state index contributed by atoms with van der Waals surface area (Å²) in [7, 11) is 0. The van der Waals surface area contributed by atoms with Crippen LogP contribution in [0.15, 0.2) is 28.8 Å². The van der Waals surface area contributed by atoms with Gasteiger partial charge in [-0.15, -0.1) is 0 Å². The molecule has 2 unspecified atom stereocenters. The summed E-state index contributed by atoms with van der Waals surface area (Å²) in [5, 5.41) is 14.6. The number of nitrogens with zero attached hydrogens (tertiary/aromatic N) is 2. The van der Waals surface area contributed by atoms with E-state index in [-0.39, 0.29) is 5.92 Å². The number of aromatic nitrogens is 2. The van der Waals surface area contributed by atoms with E-state index in [1.54, 1.807) is 0 Å². The van der Waals surface area contributed by atoms with Crippen LogP contribution in [0.3, 0.4) is 0 Å². The van der Waals surface area contributed by atoms with Crippen molar-refractivity contribution in [3.8, 4) is 0 Å². The Hall–Kier alpha value is -1.43. The van der Waals surface area contributed by atoms with Crippen molar-refractivity contribution < 1.29 is 14.4 Å². The molecular weight excluding hydrogens is 280 g/mol. The van der Waals surface area contributed by atoms with Gasteiger partial charge in [0, 0.05) is 18.1 Å². The van der Waals surface area contributed by atoms with Gasteiger partial charge in [-0.2, -0.15) is 4.98 Å². The summed E-state index contributed by atoms with van der Waals surface area (Å²) in [6.45, 7) is 0.993. The summed E-state index contributed by atoms with van der Waals surface area (Å²) < 4.78 is 10.6. The molecule has 1 aromatic carbocycles. The van der Waals surface area contributed by atoms with Crippen LogP contribution in [-0.4, -0.2) is 34.6 Å². The molecule has 0 saturated carbocycles. The van der Waals surface area contributed by atoms with Crippen molar-refractivity contribution in [3.63, 3.8) is 0 Å². The highest BCUT2D eigenvalue weighted by Crippen LogP contribution is 2.25. The second-order valence-electron chi connectivity index (χ2n) is 4.89. The van der Waals surface area contributed by atoms with Gasteiger partial charge < -0.3 is 14.4 Å². The van der Waals surface area contributed by atoms with Gasteiger partial charge in [-0.05, 0) is 24.1 Å². The van der Waals surface area contributed by atoms with Crippen molar-refractivity contribution in [1.82, 2.24) is 10.1 Å². The molecule has 1 fully saturated rings. The van der Waals surface area contributed by atoms with Gasteiger partial charge in [0.25, 0.3) is 0 Å². The summed E-state index contributed by atoms with van der Waals surface area (Å²) in [4.78, 5) is 4.35. The molecule has 0 spiro atoms. The molecule has 0 bridgehead atoms. The summed E-state index contributed by atoms with van der Waals surface area (Å²) in [6.07, 6.45) is 0.691. The maximum Gasteiger partial charge on any atom is 0.234 e. The number of aliphatic hydroxyl groups is 1. The minimum absolute atomic E-state index is 0.227. The average Bonchev–Trinajstić information content (AvgIpc) is 2.90. The van der Waals surface area contributed by atoms with E-state index >= 15 is 0 Å². The Labute approximate surface area is 121 Å². The monoisotopic (exact) mass is 294 g/mol. The third kappa shape index (κ3) is 3.00. The molecule has 1 saturated heterocycles. The van der Waals surface area contributed by atoms with Crippen LogP contribution in [0.25, 0.3) is 0 Å². The maximum atomic E-state index is 9.93. The normalized spacial score (nSPS) is 22.9. The molecule has 6 heteroatoms. The molecule has 106 valence electrons. The second kappa shape index (κ2) is 5.91. The first kappa shape index (κ1) is 13.5. The first-order chi connectivity index (χ1) is 9.72. The van der Waals surface area contributed by atoms with Crippen LogP contribution >= 0.6 is 11.6 Å². The topological polar surface area (TPSA) is 68.4 Å². The van der Waals surface area contributed by atoms with Crippen molar-refractivity contribution in [2.75, 3.05) is 13.2 Å². The lowest BCUT2D eigenvalue weighted by atomic mass is 9.99. The molecule has 3 rings (SSSR count). The first-order valence-electron chi connectivity index (χ1n) is 6.55. The zero-order chi connectivity index (χ0) is 13.9. The fourth-order valence-electron chi connectivity index (χ4n) is 2.24. The highest BCUT2D eigenvalue weighted by atomic mass is 35.5. The Balaban J connectivity index is 1.71. The molecule has 5 nitrogen and oxygen atoms in total. The quantitative estimate of drug-likeness (QED) is 0.939. The van der Waals surface area contributed by atoms with Crippen LogP contribution in [0, 0.1) is 0 Å². The van der Waals surface area contributed by atoms with E-state index in [0.29, 0.717) is 42.8 Å². The Morgan fingerprint density at radius 2 is 2.10 bits per heavy atom. The van der Waals surface area contributed by atoms with Gasteiger partial charge >= 0.3 is 0 Å². The zero-order valence-corrected chi connectivity index (χ0v) is 11.6. The summed E-state index contributed by atoms with van der Waals surface area (Å²) in [5.41, 5.74) is 1.06. The van der Waals surface area contributed by atoms with Crippen LogP contribution in [0.2, 0.25) is 5.02 Å². The maximum absolute atomic E-state index is 9.93. The van der Waals surface area contributed by atoms with E-state index in [1.165, 1.54) is 0 Å². The largest absolute Gasteiger partial charge is 0.392 e. The highest BCUT2D eigenvalue weighted by Gasteiger charge is 2.30. The summed E-state index contributed by atoms with van der Waals surface area (Å²) >= 11 is 5.84. The number of ether oxygens (including phenoxy) is 1.